The lowest BCUT2D eigenvalue weighted by atomic mass is 10.0. The lowest BCUT2D eigenvalue weighted by Gasteiger charge is -2.36. The first-order valence-electron chi connectivity index (χ1n) is 11.3. The summed E-state index contributed by atoms with van der Waals surface area (Å²) in [7, 11) is 0. The average molecular weight is 447 g/mol. The highest BCUT2D eigenvalue weighted by atomic mass is 16.2. The van der Waals surface area contributed by atoms with E-state index >= 15 is 0 Å². The fraction of sp³-hybridized carbons (Fsp3) is 0.320. The fourth-order valence-corrected chi connectivity index (χ4v) is 4.29. The molecule has 1 fully saturated rings. The molecule has 0 spiro atoms. The predicted molar refractivity (Wildman–Crippen MR) is 129 cm³/mol. The molecule has 2 aromatic carbocycles. The maximum absolute atomic E-state index is 13.3. The second-order valence-corrected chi connectivity index (χ2v) is 8.37. The number of rotatable bonds is 7. The van der Waals surface area contributed by atoms with Gasteiger partial charge in [0.05, 0.1) is 0 Å². The Balaban J connectivity index is 1.41. The number of piperazine rings is 1. The summed E-state index contributed by atoms with van der Waals surface area (Å²) < 4.78 is 0. The number of nitrogens with zero attached hydrogens (tertiary/aromatic N) is 2. The molecular formula is C25H30N6O2. The van der Waals surface area contributed by atoms with Gasteiger partial charge in [0.2, 0.25) is 11.8 Å². The monoisotopic (exact) mass is 446 g/mol. The molecule has 1 atom stereocenters. The number of hydrogen-bond acceptors (Lipinski definition) is 3. The zero-order valence-electron chi connectivity index (χ0n) is 18.6. The van der Waals surface area contributed by atoms with Gasteiger partial charge in [0.15, 0.2) is 5.96 Å². The van der Waals surface area contributed by atoms with Gasteiger partial charge < -0.3 is 25.8 Å². The quantitative estimate of drug-likeness (QED) is 0.327. The maximum atomic E-state index is 13.3. The van der Waals surface area contributed by atoms with Crippen LogP contribution in [0, 0.1) is 5.41 Å². The van der Waals surface area contributed by atoms with Gasteiger partial charge in [-0.3, -0.25) is 15.0 Å². The molecule has 172 valence electrons. The van der Waals surface area contributed by atoms with E-state index in [0.29, 0.717) is 45.4 Å². The van der Waals surface area contributed by atoms with Crippen molar-refractivity contribution < 1.29 is 9.59 Å². The summed E-state index contributed by atoms with van der Waals surface area (Å²) in [5.74, 6) is -0.215. The number of carbonyl (C=O) groups excluding carboxylic acids is 2. The van der Waals surface area contributed by atoms with E-state index in [9.17, 15) is 9.59 Å². The van der Waals surface area contributed by atoms with Crippen molar-refractivity contribution in [2.75, 3.05) is 26.2 Å². The van der Waals surface area contributed by atoms with Gasteiger partial charge in [0.25, 0.3) is 0 Å². The third-order valence-electron chi connectivity index (χ3n) is 6.14. The summed E-state index contributed by atoms with van der Waals surface area (Å²) in [6.45, 7) is 2.01. The van der Waals surface area contributed by atoms with Crippen LogP contribution in [0.4, 0.5) is 0 Å². The molecule has 1 aliphatic heterocycles. The first kappa shape index (κ1) is 22.4. The van der Waals surface area contributed by atoms with Gasteiger partial charge in [-0.15, -0.1) is 0 Å². The van der Waals surface area contributed by atoms with E-state index < -0.39 is 6.04 Å². The van der Waals surface area contributed by atoms with Crippen molar-refractivity contribution in [3.8, 4) is 0 Å². The van der Waals surface area contributed by atoms with Crippen molar-refractivity contribution in [1.29, 1.82) is 5.41 Å². The summed E-state index contributed by atoms with van der Waals surface area (Å²) in [5, 5.41) is 11.7. The van der Waals surface area contributed by atoms with E-state index in [1.807, 2.05) is 60.8 Å². The van der Waals surface area contributed by atoms with Gasteiger partial charge in [0, 0.05) is 56.1 Å². The van der Waals surface area contributed by atoms with Crippen LogP contribution in [0.5, 0.6) is 0 Å². The smallest absolute Gasteiger partial charge is 0.245 e. The van der Waals surface area contributed by atoms with Crippen LogP contribution in [0.1, 0.15) is 17.5 Å². The molecule has 1 aromatic heterocycles. The maximum Gasteiger partial charge on any atom is 0.245 e. The number of nitrogens with two attached hydrogens (primary N) is 1. The molecule has 8 heteroatoms. The SMILES string of the molecule is N=C(N)N1CCN(C(=O)C(Cc2ccccc2)NC(=O)CCc2c[nH]c3ccccc23)CC1. The minimum Gasteiger partial charge on any atom is -0.370 e. The third-order valence-corrected chi connectivity index (χ3v) is 6.14. The minimum absolute atomic E-state index is 0.0218. The van der Waals surface area contributed by atoms with E-state index in [4.69, 9.17) is 11.1 Å². The number of fused-ring (bicyclic) bond motifs is 1. The number of aromatic amines is 1. The Morgan fingerprint density at radius 1 is 1.00 bits per heavy atom. The van der Waals surface area contributed by atoms with Crippen molar-refractivity contribution in [2.45, 2.75) is 25.3 Å². The van der Waals surface area contributed by atoms with Crippen LogP contribution < -0.4 is 11.1 Å². The Bertz CT molecular complexity index is 1120. The van der Waals surface area contributed by atoms with Gasteiger partial charge in [0.1, 0.15) is 6.04 Å². The molecule has 2 amide bonds. The predicted octanol–water partition coefficient (Wildman–Crippen LogP) is 1.87. The molecule has 33 heavy (non-hydrogen) atoms. The van der Waals surface area contributed by atoms with Crippen LogP contribution in [0.2, 0.25) is 0 Å². The molecule has 0 saturated carbocycles. The molecule has 1 saturated heterocycles. The largest absolute Gasteiger partial charge is 0.370 e. The van der Waals surface area contributed by atoms with Gasteiger partial charge in [-0.05, 0) is 23.6 Å². The summed E-state index contributed by atoms with van der Waals surface area (Å²) in [6, 6.07) is 17.1. The van der Waals surface area contributed by atoms with Crippen molar-refractivity contribution in [3.05, 3.63) is 71.9 Å². The first-order valence-corrected chi connectivity index (χ1v) is 11.3. The van der Waals surface area contributed by atoms with Gasteiger partial charge in [-0.25, -0.2) is 0 Å². The van der Waals surface area contributed by atoms with Crippen LogP contribution in [-0.4, -0.2) is 64.8 Å². The van der Waals surface area contributed by atoms with E-state index in [-0.39, 0.29) is 17.8 Å². The van der Waals surface area contributed by atoms with E-state index in [0.717, 1.165) is 22.0 Å². The molecule has 1 unspecified atom stereocenters. The van der Waals surface area contributed by atoms with Crippen molar-refractivity contribution >= 4 is 28.7 Å². The zero-order chi connectivity index (χ0) is 23.2. The molecule has 0 aliphatic carbocycles. The normalized spacial score (nSPS) is 14.8. The lowest BCUT2D eigenvalue weighted by Crippen LogP contribution is -2.57. The Morgan fingerprint density at radius 3 is 2.39 bits per heavy atom. The Hall–Kier alpha value is -3.81. The molecule has 3 aromatic rings. The minimum atomic E-state index is -0.633. The highest BCUT2D eigenvalue weighted by Gasteiger charge is 2.29. The Labute approximate surface area is 193 Å². The molecular weight excluding hydrogens is 416 g/mol. The molecule has 1 aliphatic rings. The zero-order valence-corrected chi connectivity index (χ0v) is 18.6. The number of benzene rings is 2. The third kappa shape index (κ3) is 5.52. The summed E-state index contributed by atoms with van der Waals surface area (Å²) in [5.41, 5.74) is 8.71. The molecule has 0 bridgehead atoms. The second kappa shape index (κ2) is 10.2. The van der Waals surface area contributed by atoms with Crippen molar-refractivity contribution in [1.82, 2.24) is 20.1 Å². The van der Waals surface area contributed by atoms with Crippen molar-refractivity contribution in [3.63, 3.8) is 0 Å². The molecule has 2 heterocycles. The van der Waals surface area contributed by atoms with Crippen molar-refractivity contribution in [2.24, 2.45) is 5.73 Å². The topological polar surface area (TPSA) is 118 Å². The lowest BCUT2D eigenvalue weighted by molar-refractivity contribution is -0.137. The van der Waals surface area contributed by atoms with Crippen LogP contribution in [0.3, 0.4) is 0 Å². The number of amides is 2. The van der Waals surface area contributed by atoms with E-state index in [1.165, 1.54) is 0 Å². The number of guanidine groups is 1. The number of para-hydroxylation sites is 1. The number of H-pyrrole nitrogens is 1. The average Bonchev–Trinajstić information content (AvgIpc) is 3.26. The van der Waals surface area contributed by atoms with Crippen LogP contribution in [-0.2, 0) is 22.4 Å². The van der Waals surface area contributed by atoms with Crippen LogP contribution >= 0.6 is 0 Å². The number of aryl methyl sites for hydroxylation is 1. The Morgan fingerprint density at radius 2 is 1.67 bits per heavy atom. The highest BCUT2D eigenvalue weighted by molar-refractivity contribution is 5.89. The van der Waals surface area contributed by atoms with Crippen LogP contribution in [0.25, 0.3) is 10.9 Å². The van der Waals surface area contributed by atoms with Gasteiger partial charge in [-0.1, -0.05) is 48.5 Å². The van der Waals surface area contributed by atoms with Gasteiger partial charge >= 0.3 is 0 Å². The number of nitrogens with one attached hydrogen (secondary N) is 3. The van der Waals surface area contributed by atoms with E-state index in [2.05, 4.69) is 10.3 Å². The van der Waals surface area contributed by atoms with E-state index in [1.54, 1.807) is 9.80 Å². The molecule has 4 rings (SSSR count). The Kier molecular flexibility index (Phi) is 6.92. The standard InChI is InChI=1S/C25H30N6O2/c26-25(27)31-14-12-30(13-15-31)24(33)22(16-18-6-2-1-3-7-18)29-23(32)11-10-19-17-28-21-9-5-4-8-20(19)21/h1-9,17,22,28H,10-16H2,(H3,26,27)(H,29,32). The van der Waals surface area contributed by atoms with Crippen LogP contribution in [0.15, 0.2) is 60.8 Å². The molecule has 5 N–H and O–H groups in total. The molecule has 0 radical (unpaired) electrons. The summed E-state index contributed by atoms with van der Waals surface area (Å²) >= 11 is 0. The fourth-order valence-electron chi connectivity index (χ4n) is 4.29. The number of hydrogen-bond donors (Lipinski definition) is 4. The number of aromatic nitrogens is 1. The number of carbonyl (C=O) groups is 2. The highest BCUT2D eigenvalue weighted by Crippen LogP contribution is 2.19. The first-order chi connectivity index (χ1) is 16.0. The summed E-state index contributed by atoms with van der Waals surface area (Å²) in [4.78, 5) is 32.9. The van der Waals surface area contributed by atoms with Gasteiger partial charge in [-0.2, -0.15) is 0 Å². The molecule has 8 nitrogen and oxygen atoms in total. The second-order valence-electron chi connectivity index (χ2n) is 8.37. The summed E-state index contributed by atoms with van der Waals surface area (Å²) in [6.07, 6.45) is 3.28.